The molecule has 0 aliphatic carbocycles. The molecule has 1 rings (SSSR count). The van der Waals surface area contributed by atoms with Crippen LogP contribution in [0.25, 0.3) is 0 Å². The monoisotopic (exact) mass is 250 g/mol. The van der Waals surface area contributed by atoms with Crippen LogP contribution in [-0.2, 0) is 0 Å². The summed E-state index contributed by atoms with van der Waals surface area (Å²) >= 11 is 3.32. The highest BCUT2D eigenvalue weighted by atomic mass is 79.9. The molecular weight excluding hydrogens is 240 g/mol. The van der Waals surface area contributed by atoms with Crippen molar-refractivity contribution < 1.29 is 4.79 Å². The molecule has 2 heteroatoms. The zero-order valence-corrected chi connectivity index (χ0v) is 9.49. The normalized spacial score (nSPS) is 11.3. The van der Waals surface area contributed by atoms with Gasteiger partial charge in [0.25, 0.3) is 0 Å². The van der Waals surface area contributed by atoms with E-state index in [4.69, 9.17) is 0 Å². The Hall–Kier alpha value is -1.15. The molecule has 1 aromatic rings. The maximum Gasteiger partial charge on any atom is 0.185 e. The molecule has 0 atom stereocenters. The van der Waals surface area contributed by atoms with Gasteiger partial charge in [0.1, 0.15) is 0 Å². The molecule has 1 nitrogen and oxygen atoms in total. The lowest BCUT2D eigenvalue weighted by Gasteiger charge is -1.94. The lowest BCUT2D eigenvalue weighted by Crippen LogP contribution is -1.92. The van der Waals surface area contributed by atoms with Crippen molar-refractivity contribution >= 4 is 21.7 Å². The quantitative estimate of drug-likeness (QED) is 0.454. The molecule has 0 unspecified atom stereocenters. The third-order valence-electron chi connectivity index (χ3n) is 1.68. The number of halogens is 1. The van der Waals surface area contributed by atoms with Crippen LogP contribution in [-0.4, -0.2) is 5.78 Å². The van der Waals surface area contributed by atoms with E-state index in [0.29, 0.717) is 5.56 Å². The first-order chi connectivity index (χ1) is 6.74. The van der Waals surface area contributed by atoms with Crippen molar-refractivity contribution in [2.45, 2.75) is 6.92 Å². The van der Waals surface area contributed by atoms with Crippen molar-refractivity contribution in [1.29, 1.82) is 0 Å². The number of allylic oxidation sites excluding steroid dienone is 4. The van der Waals surface area contributed by atoms with Crippen molar-refractivity contribution in [3.63, 3.8) is 0 Å². The second kappa shape index (κ2) is 5.55. The Morgan fingerprint density at radius 3 is 2.43 bits per heavy atom. The summed E-state index contributed by atoms with van der Waals surface area (Å²) in [6.45, 7) is 1.91. The summed E-state index contributed by atoms with van der Waals surface area (Å²) in [6, 6.07) is 7.31. The first-order valence-corrected chi connectivity index (χ1v) is 5.12. The summed E-state index contributed by atoms with van der Waals surface area (Å²) in [4.78, 5) is 11.5. The van der Waals surface area contributed by atoms with E-state index in [1.54, 1.807) is 24.3 Å². The maximum absolute atomic E-state index is 11.5. The van der Waals surface area contributed by atoms with Crippen molar-refractivity contribution in [1.82, 2.24) is 0 Å². The highest BCUT2D eigenvalue weighted by Crippen LogP contribution is 2.11. The zero-order chi connectivity index (χ0) is 10.4. The van der Waals surface area contributed by atoms with Gasteiger partial charge >= 0.3 is 0 Å². The van der Waals surface area contributed by atoms with Crippen LogP contribution in [0.1, 0.15) is 17.3 Å². The Labute approximate surface area is 92.3 Å². The molecule has 0 fully saturated rings. The minimum Gasteiger partial charge on any atom is -0.289 e. The third kappa shape index (κ3) is 3.30. The van der Waals surface area contributed by atoms with Crippen LogP contribution in [0.5, 0.6) is 0 Å². The fourth-order valence-corrected chi connectivity index (χ4v) is 1.23. The van der Waals surface area contributed by atoms with Gasteiger partial charge in [0.2, 0.25) is 0 Å². The van der Waals surface area contributed by atoms with Crippen molar-refractivity contribution in [2.75, 3.05) is 0 Å². The molecule has 0 aromatic heterocycles. The summed E-state index contributed by atoms with van der Waals surface area (Å²) < 4.78 is 0.978. The fourth-order valence-electron chi connectivity index (χ4n) is 0.964. The largest absolute Gasteiger partial charge is 0.289 e. The van der Waals surface area contributed by atoms with Crippen LogP contribution in [0.3, 0.4) is 0 Å². The van der Waals surface area contributed by atoms with Crippen LogP contribution in [0.4, 0.5) is 0 Å². The summed E-state index contributed by atoms with van der Waals surface area (Å²) in [5.41, 5.74) is 0.703. The van der Waals surface area contributed by atoms with E-state index in [9.17, 15) is 4.79 Å². The van der Waals surface area contributed by atoms with E-state index in [-0.39, 0.29) is 5.78 Å². The molecule has 0 radical (unpaired) electrons. The highest BCUT2D eigenvalue weighted by Gasteiger charge is 1.99. The van der Waals surface area contributed by atoms with Crippen molar-refractivity contribution in [3.8, 4) is 0 Å². The van der Waals surface area contributed by atoms with Gasteiger partial charge in [-0.1, -0.05) is 34.2 Å². The Balaban J connectivity index is 2.75. The molecule has 0 amide bonds. The topological polar surface area (TPSA) is 17.1 Å². The lowest BCUT2D eigenvalue weighted by molar-refractivity contribution is 0.104. The average Bonchev–Trinajstić information content (AvgIpc) is 2.19. The first-order valence-electron chi connectivity index (χ1n) is 4.33. The Morgan fingerprint density at radius 2 is 1.86 bits per heavy atom. The molecule has 0 saturated carbocycles. The molecule has 0 saturated heterocycles. The van der Waals surface area contributed by atoms with Gasteiger partial charge in [0, 0.05) is 10.0 Å². The van der Waals surface area contributed by atoms with Gasteiger partial charge in [0.15, 0.2) is 5.78 Å². The number of hydrogen-bond donors (Lipinski definition) is 0. The molecule has 0 aliphatic heterocycles. The summed E-state index contributed by atoms with van der Waals surface area (Å²) in [5.74, 6) is 0.0237. The van der Waals surface area contributed by atoms with Crippen LogP contribution >= 0.6 is 15.9 Å². The van der Waals surface area contributed by atoms with Gasteiger partial charge in [-0.2, -0.15) is 0 Å². The van der Waals surface area contributed by atoms with Gasteiger partial charge in [-0.3, -0.25) is 4.79 Å². The third-order valence-corrected chi connectivity index (χ3v) is 2.21. The van der Waals surface area contributed by atoms with Gasteiger partial charge in [-0.25, -0.2) is 0 Å². The number of rotatable bonds is 3. The predicted octanol–water partition coefficient (Wildman–Crippen LogP) is 3.76. The van der Waals surface area contributed by atoms with E-state index in [2.05, 4.69) is 15.9 Å². The Kier molecular flexibility index (Phi) is 4.33. The molecule has 0 aliphatic rings. The maximum atomic E-state index is 11.5. The second-order valence-corrected chi connectivity index (χ2v) is 3.67. The fraction of sp³-hybridized carbons (Fsp3) is 0.0833. The van der Waals surface area contributed by atoms with Crippen LogP contribution in [0.2, 0.25) is 0 Å². The minimum absolute atomic E-state index is 0.0237. The minimum atomic E-state index is 0.0237. The van der Waals surface area contributed by atoms with Crippen LogP contribution in [0, 0.1) is 0 Å². The van der Waals surface area contributed by atoms with Crippen LogP contribution < -0.4 is 0 Å². The SMILES string of the molecule is CC=CC=CC(=O)c1ccc(Br)cc1. The molecule has 72 valence electrons. The number of benzene rings is 1. The van der Waals surface area contributed by atoms with Crippen molar-refractivity contribution in [2.24, 2.45) is 0 Å². The number of hydrogen-bond acceptors (Lipinski definition) is 1. The molecule has 0 N–H and O–H groups in total. The zero-order valence-electron chi connectivity index (χ0n) is 7.91. The molecule has 14 heavy (non-hydrogen) atoms. The van der Waals surface area contributed by atoms with Gasteiger partial charge < -0.3 is 0 Å². The number of ketones is 1. The van der Waals surface area contributed by atoms with Gasteiger partial charge in [-0.15, -0.1) is 0 Å². The smallest absolute Gasteiger partial charge is 0.185 e. The first kappa shape index (κ1) is 10.9. The standard InChI is InChI=1S/C12H11BrO/c1-2-3-4-5-12(14)10-6-8-11(13)9-7-10/h2-9H,1H3. The molecule has 1 aromatic carbocycles. The van der Waals surface area contributed by atoms with E-state index < -0.39 is 0 Å². The summed E-state index contributed by atoms with van der Waals surface area (Å²) in [5, 5.41) is 0. The second-order valence-electron chi connectivity index (χ2n) is 2.76. The predicted molar refractivity (Wildman–Crippen MR) is 62.4 cm³/mol. The summed E-state index contributed by atoms with van der Waals surface area (Å²) in [6.07, 6.45) is 7.01. The summed E-state index contributed by atoms with van der Waals surface area (Å²) in [7, 11) is 0. The van der Waals surface area contributed by atoms with Gasteiger partial charge in [-0.05, 0) is 37.3 Å². The molecular formula is C12H11BrO. The van der Waals surface area contributed by atoms with E-state index in [1.807, 2.05) is 31.2 Å². The molecule has 0 spiro atoms. The lowest BCUT2D eigenvalue weighted by atomic mass is 10.1. The van der Waals surface area contributed by atoms with Crippen molar-refractivity contribution in [3.05, 3.63) is 58.6 Å². The van der Waals surface area contributed by atoms with E-state index in [0.717, 1.165) is 4.47 Å². The molecule has 0 heterocycles. The molecule has 0 bridgehead atoms. The highest BCUT2D eigenvalue weighted by molar-refractivity contribution is 9.10. The average molecular weight is 251 g/mol. The number of carbonyl (C=O) groups is 1. The number of carbonyl (C=O) groups excluding carboxylic acids is 1. The van der Waals surface area contributed by atoms with E-state index >= 15 is 0 Å². The Bertz CT molecular complexity index is 360. The van der Waals surface area contributed by atoms with Crippen LogP contribution in [0.15, 0.2) is 53.0 Å². The Morgan fingerprint density at radius 1 is 1.21 bits per heavy atom. The van der Waals surface area contributed by atoms with E-state index in [1.165, 1.54) is 0 Å². The van der Waals surface area contributed by atoms with Gasteiger partial charge in [0.05, 0.1) is 0 Å².